The van der Waals surface area contributed by atoms with Crippen molar-refractivity contribution in [2.45, 2.75) is 11.3 Å². The summed E-state index contributed by atoms with van der Waals surface area (Å²) in [5.74, 6) is -0.336. The average molecular weight is 445 g/mol. The van der Waals surface area contributed by atoms with Crippen LogP contribution < -0.4 is 14.8 Å². The van der Waals surface area contributed by atoms with Crippen molar-refractivity contribution in [2.24, 2.45) is 0 Å². The average Bonchev–Trinajstić information content (AvgIpc) is 2.59. The molecule has 0 saturated heterocycles. The van der Waals surface area contributed by atoms with Crippen LogP contribution in [0.2, 0.25) is 0 Å². The number of hydrogen-bond donors (Lipinski definition) is 2. The molecule has 2 aromatic carbocycles. The van der Waals surface area contributed by atoms with E-state index in [9.17, 15) is 17.6 Å². The van der Waals surface area contributed by atoms with Crippen LogP contribution in [-0.2, 0) is 14.8 Å². The zero-order chi connectivity index (χ0) is 19.0. The summed E-state index contributed by atoms with van der Waals surface area (Å²) in [5, 5.41) is 2.60. The molecule has 0 spiro atoms. The lowest BCUT2D eigenvalue weighted by atomic mass is 10.3. The van der Waals surface area contributed by atoms with Gasteiger partial charge in [0, 0.05) is 23.5 Å². The quantitative estimate of drug-likeness (QED) is 0.581. The molecule has 2 rings (SSSR count). The highest BCUT2D eigenvalue weighted by Gasteiger charge is 2.13. The molecule has 0 heterocycles. The highest BCUT2D eigenvalue weighted by atomic mass is 79.9. The van der Waals surface area contributed by atoms with Crippen LogP contribution in [0.1, 0.15) is 6.42 Å². The van der Waals surface area contributed by atoms with Gasteiger partial charge in [-0.05, 0) is 36.4 Å². The van der Waals surface area contributed by atoms with Crippen LogP contribution >= 0.6 is 15.9 Å². The molecule has 0 aliphatic heterocycles. The topological polar surface area (TPSA) is 84.5 Å². The predicted molar refractivity (Wildman–Crippen MR) is 98.9 cm³/mol. The van der Waals surface area contributed by atoms with Crippen molar-refractivity contribution in [1.29, 1.82) is 0 Å². The summed E-state index contributed by atoms with van der Waals surface area (Å²) >= 11 is 3.24. The zero-order valence-corrected chi connectivity index (χ0v) is 16.1. The van der Waals surface area contributed by atoms with E-state index >= 15 is 0 Å². The van der Waals surface area contributed by atoms with Crippen molar-refractivity contribution >= 4 is 31.9 Å². The summed E-state index contributed by atoms with van der Waals surface area (Å²) in [5.41, 5.74) is 0. The number of sulfonamides is 1. The van der Waals surface area contributed by atoms with Crippen LogP contribution in [-0.4, -0.2) is 34.0 Å². The summed E-state index contributed by atoms with van der Waals surface area (Å²) in [6.07, 6.45) is -0.00424. The molecule has 0 saturated carbocycles. The van der Waals surface area contributed by atoms with E-state index in [1.807, 2.05) is 0 Å². The molecule has 2 aromatic rings. The minimum atomic E-state index is -3.65. The number of nitrogens with one attached hydrogen (secondary N) is 2. The fourth-order valence-corrected chi connectivity index (χ4v) is 3.30. The number of halogens is 2. The number of ether oxygens (including phenoxy) is 1. The molecular formula is C17H18BrFN2O4S. The number of carbonyl (C=O) groups is 1. The van der Waals surface area contributed by atoms with Gasteiger partial charge in [0.15, 0.2) is 0 Å². The second-order valence-electron chi connectivity index (χ2n) is 5.26. The normalized spacial score (nSPS) is 11.2. The standard InChI is InChI=1S/C17H18BrFN2O4S/c18-13-4-6-16(7-5-13)26(23,24)21-9-8-17(22)20-10-11-25-15-3-1-2-14(19)12-15/h1-7,12,21H,8-11H2,(H,20,22). The highest BCUT2D eigenvalue weighted by Crippen LogP contribution is 2.14. The number of hydrogen-bond acceptors (Lipinski definition) is 4. The van der Waals surface area contributed by atoms with Gasteiger partial charge in [0.25, 0.3) is 0 Å². The van der Waals surface area contributed by atoms with Gasteiger partial charge < -0.3 is 10.1 Å². The Labute approximate surface area is 159 Å². The number of amides is 1. The fourth-order valence-electron chi connectivity index (χ4n) is 2.00. The van der Waals surface area contributed by atoms with Gasteiger partial charge in [0.05, 0.1) is 11.4 Å². The Kier molecular flexibility index (Phi) is 7.55. The van der Waals surface area contributed by atoms with Gasteiger partial charge >= 0.3 is 0 Å². The van der Waals surface area contributed by atoms with Crippen molar-refractivity contribution in [3.05, 3.63) is 58.8 Å². The molecule has 0 bridgehead atoms. The van der Waals surface area contributed by atoms with Crippen molar-refractivity contribution in [3.8, 4) is 5.75 Å². The summed E-state index contributed by atoms with van der Waals surface area (Å²) in [7, 11) is -3.65. The van der Waals surface area contributed by atoms with Crippen molar-refractivity contribution in [1.82, 2.24) is 10.0 Å². The third-order valence-electron chi connectivity index (χ3n) is 3.26. The Morgan fingerprint density at radius 3 is 2.54 bits per heavy atom. The van der Waals surface area contributed by atoms with E-state index in [1.165, 1.54) is 30.3 Å². The Hall–Kier alpha value is -1.97. The minimum absolute atomic E-state index is 0.00424. The van der Waals surface area contributed by atoms with Gasteiger partial charge in [-0.1, -0.05) is 22.0 Å². The molecule has 0 unspecified atom stereocenters. The Morgan fingerprint density at radius 1 is 1.12 bits per heavy atom. The molecule has 9 heteroatoms. The second kappa shape index (κ2) is 9.65. The lowest BCUT2D eigenvalue weighted by Gasteiger charge is -2.09. The lowest BCUT2D eigenvalue weighted by Crippen LogP contribution is -2.32. The van der Waals surface area contributed by atoms with Crippen LogP contribution in [0.5, 0.6) is 5.75 Å². The molecule has 140 valence electrons. The van der Waals surface area contributed by atoms with Gasteiger partial charge in [0.1, 0.15) is 18.2 Å². The molecule has 0 aliphatic carbocycles. The number of rotatable bonds is 9. The molecule has 2 N–H and O–H groups in total. The van der Waals surface area contributed by atoms with Crippen LogP contribution in [0, 0.1) is 5.82 Å². The van der Waals surface area contributed by atoms with E-state index in [0.29, 0.717) is 5.75 Å². The molecule has 1 amide bonds. The third-order valence-corrected chi connectivity index (χ3v) is 5.26. The molecule has 0 fully saturated rings. The zero-order valence-electron chi connectivity index (χ0n) is 13.7. The first-order valence-electron chi connectivity index (χ1n) is 7.77. The summed E-state index contributed by atoms with van der Waals surface area (Å²) in [4.78, 5) is 11.8. The smallest absolute Gasteiger partial charge is 0.240 e. The Bertz CT molecular complexity index is 844. The van der Waals surface area contributed by atoms with Crippen molar-refractivity contribution in [3.63, 3.8) is 0 Å². The minimum Gasteiger partial charge on any atom is -0.492 e. The van der Waals surface area contributed by atoms with Crippen molar-refractivity contribution < 1.29 is 22.3 Å². The highest BCUT2D eigenvalue weighted by molar-refractivity contribution is 9.10. The second-order valence-corrected chi connectivity index (χ2v) is 7.94. The molecule has 0 radical (unpaired) electrons. The summed E-state index contributed by atoms with van der Waals surface area (Å²) < 4.78 is 45.5. The van der Waals surface area contributed by atoms with Gasteiger partial charge in [-0.3, -0.25) is 4.79 Å². The van der Waals surface area contributed by atoms with Gasteiger partial charge in [-0.2, -0.15) is 0 Å². The molecule has 0 aromatic heterocycles. The SMILES string of the molecule is O=C(CCNS(=O)(=O)c1ccc(Br)cc1)NCCOc1cccc(F)c1. The molecule has 0 atom stereocenters. The predicted octanol–water partition coefficient (Wildman–Crippen LogP) is 2.45. The van der Waals surface area contributed by atoms with E-state index in [-0.39, 0.29) is 36.9 Å². The van der Waals surface area contributed by atoms with E-state index in [0.717, 1.165) is 4.47 Å². The van der Waals surface area contributed by atoms with Crippen LogP contribution in [0.25, 0.3) is 0 Å². The Balaban J connectivity index is 1.66. The maximum Gasteiger partial charge on any atom is 0.240 e. The van der Waals surface area contributed by atoms with E-state index in [2.05, 4.69) is 26.0 Å². The molecular weight excluding hydrogens is 427 g/mol. The molecule has 0 aliphatic rings. The van der Waals surface area contributed by atoms with E-state index < -0.39 is 15.8 Å². The van der Waals surface area contributed by atoms with Crippen molar-refractivity contribution in [2.75, 3.05) is 19.7 Å². The van der Waals surface area contributed by atoms with E-state index in [4.69, 9.17) is 4.74 Å². The largest absolute Gasteiger partial charge is 0.492 e. The lowest BCUT2D eigenvalue weighted by molar-refractivity contribution is -0.121. The molecule has 26 heavy (non-hydrogen) atoms. The van der Waals surface area contributed by atoms with Crippen LogP contribution in [0.3, 0.4) is 0 Å². The third kappa shape index (κ3) is 6.74. The van der Waals surface area contributed by atoms with Gasteiger partial charge in [-0.25, -0.2) is 17.5 Å². The van der Waals surface area contributed by atoms with E-state index in [1.54, 1.807) is 18.2 Å². The summed E-state index contributed by atoms with van der Waals surface area (Å²) in [6.45, 7) is 0.392. The maximum absolute atomic E-state index is 13.0. The Morgan fingerprint density at radius 2 is 1.85 bits per heavy atom. The first-order chi connectivity index (χ1) is 12.4. The van der Waals surface area contributed by atoms with Crippen LogP contribution in [0.4, 0.5) is 4.39 Å². The monoisotopic (exact) mass is 444 g/mol. The van der Waals surface area contributed by atoms with Gasteiger partial charge in [0.2, 0.25) is 15.9 Å². The molecule has 6 nitrogen and oxygen atoms in total. The van der Waals surface area contributed by atoms with Gasteiger partial charge in [-0.15, -0.1) is 0 Å². The number of benzene rings is 2. The number of carbonyl (C=O) groups excluding carboxylic acids is 1. The fraction of sp³-hybridized carbons (Fsp3) is 0.235. The van der Waals surface area contributed by atoms with Crippen LogP contribution in [0.15, 0.2) is 57.9 Å². The first-order valence-corrected chi connectivity index (χ1v) is 10.0. The maximum atomic E-state index is 13.0. The first kappa shape index (κ1) is 20.3. The summed E-state index contributed by atoms with van der Waals surface area (Å²) in [6, 6.07) is 11.9.